The quantitative estimate of drug-likeness (QED) is 0.168. The molecule has 0 unspecified atom stereocenters. The molecule has 0 fully saturated rings. The topological polar surface area (TPSA) is 56.7 Å². The Morgan fingerprint density at radius 2 is 0.873 bits per heavy atom. The van der Waals surface area contributed by atoms with Gasteiger partial charge in [-0.1, -0.05) is 196 Å². The molecule has 3 heterocycles. The van der Waals surface area contributed by atoms with E-state index in [0.717, 1.165) is 93.6 Å². The molecule has 0 amide bonds. The van der Waals surface area contributed by atoms with E-state index in [9.17, 15) is 0 Å². The Labute approximate surface area is 365 Å². The predicted octanol–water partition coefficient (Wildman–Crippen LogP) is 15.8. The van der Waals surface area contributed by atoms with Gasteiger partial charge in [0.15, 0.2) is 11.6 Å². The van der Waals surface area contributed by atoms with Gasteiger partial charge in [0.1, 0.15) is 11.2 Å². The molecule has 0 atom stereocenters. The fourth-order valence-electron chi connectivity index (χ4n) is 8.69. The minimum absolute atomic E-state index is 0.548. The van der Waals surface area contributed by atoms with Gasteiger partial charge in [-0.2, -0.15) is 9.97 Å². The fourth-order valence-corrected chi connectivity index (χ4v) is 8.69. The smallest absolute Gasteiger partial charge is 0.238 e. The molecular weight excluding hydrogens is 769 g/mol. The highest BCUT2D eigenvalue weighted by Gasteiger charge is 2.22. The van der Waals surface area contributed by atoms with Crippen LogP contribution in [0.2, 0.25) is 0 Å². The Morgan fingerprint density at radius 1 is 0.381 bits per heavy atom. The van der Waals surface area contributed by atoms with Crippen molar-refractivity contribution < 1.29 is 4.42 Å². The molecule has 0 aliphatic rings. The number of para-hydroxylation sites is 2. The maximum absolute atomic E-state index is 6.26. The van der Waals surface area contributed by atoms with Crippen LogP contribution in [0.15, 0.2) is 211 Å². The van der Waals surface area contributed by atoms with E-state index in [4.69, 9.17) is 19.4 Å². The van der Waals surface area contributed by atoms with Crippen molar-refractivity contribution in [2.75, 3.05) is 0 Å². The van der Waals surface area contributed by atoms with Gasteiger partial charge in [-0.15, -0.1) is 0 Å². The van der Waals surface area contributed by atoms with Gasteiger partial charge in [-0.25, -0.2) is 4.98 Å². The molecule has 0 spiro atoms. The van der Waals surface area contributed by atoms with Crippen molar-refractivity contribution in [3.05, 3.63) is 206 Å². The fraction of sp³-hybridized carbons (Fsp3) is 0.0517. The van der Waals surface area contributed by atoms with Gasteiger partial charge in [-0.05, 0) is 68.9 Å². The van der Waals surface area contributed by atoms with Gasteiger partial charge >= 0.3 is 0 Å². The molecule has 9 aromatic carbocycles. The Bertz CT molecular complexity index is 3490. The van der Waals surface area contributed by atoms with Crippen molar-refractivity contribution in [2.45, 2.75) is 20.3 Å². The second kappa shape index (κ2) is 16.0. The lowest BCUT2D eigenvalue weighted by atomic mass is 9.99. The van der Waals surface area contributed by atoms with Gasteiger partial charge in [0.25, 0.3) is 0 Å². The molecule has 0 bridgehead atoms. The highest BCUT2D eigenvalue weighted by molar-refractivity contribution is 6.17. The average Bonchev–Trinajstić information content (AvgIpc) is 3.89. The molecule has 0 aliphatic heterocycles. The molecule has 5 heteroatoms. The van der Waals surface area contributed by atoms with Crippen LogP contribution in [0.4, 0.5) is 0 Å². The molecule has 0 N–H and O–H groups in total. The van der Waals surface area contributed by atoms with Crippen molar-refractivity contribution in [1.82, 2.24) is 19.5 Å². The zero-order valence-corrected chi connectivity index (χ0v) is 35.0. The number of benzene rings is 9. The zero-order chi connectivity index (χ0) is 42.3. The molecule has 0 aliphatic carbocycles. The second-order valence-corrected chi connectivity index (χ2v) is 15.9. The lowest BCUT2D eigenvalue weighted by Gasteiger charge is -2.13. The minimum atomic E-state index is 0.548. The normalized spacial score (nSPS) is 11.4. The first kappa shape index (κ1) is 37.8. The third kappa shape index (κ3) is 6.90. The summed E-state index contributed by atoms with van der Waals surface area (Å²) in [5.41, 5.74) is 12.3. The van der Waals surface area contributed by atoms with E-state index in [-0.39, 0.29) is 0 Å². The first-order valence-electron chi connectivity index (χ1n) is 21.6. The largest absolute Gasteiger partial charge is 0.456 e. The maximum Gasteiger partial charge on any atom is 0.238 e. The van der Waals surface area contributed by atoms with Crippen molar-refractivity contribution in [1.29, 1.82) is 0 Å². The lowest BCUT2D eigenvalue weighted by Crippen LogP contribution is -2.07. The lowest BCUT2D eigenvalue weighted by molar-refractivity contribution is 0.669. The Morgan fingerprint density at radius 3 is 1.51 bits per heavy atom. The molecule has 5 nitrogen and oxygen atoms in total. The number of hydrogen-bond donors (Lipinski definition) is 0. The van der Waals surface area contributed by atoms with Gasteiger partial charge in [0, 0.05) is 38.2 Å². The summed E-state index contributed by atoms with van der Waals surface area (Å²) in [6.07, 6.45) is 1.25. The molecule has 12 rings (SSSR count). The van der Waals surface area contributed by atoms with Crippen LogP contribution in [0.3, 0.4) is 0 Å². The van der Waals surface area contributed by atoms with Crippen molar-refractivity contribution >= 4 is 54.5 Å². The summed E-state index contributed by atoms with van der Waals surface area (Å²) in [6.45, 7) is 4.25. The molecule has 0 saturated carbocycles. The third-order valence-corrected chi connectivity index (χ3v) is 11.7. The monoisotopic (exact) mass is 810 g/mol. The van der Waals surface area contributed by atoms with E-state index in [2.05, 4.69) is 200 Å². The molecule has 0 saturated heterocycles. The van der Waals surface area contributed by atoms with Crippen LogP contribution in [0, 0.1) is 0 Å². The van der Waals surface area contributed by atoms with Gasteiger partial charge in [0.05, 0.1) is 11.0 Å². The summed E-state index contributed by atoms with van der Waals surface area (Å²) < 4.78 is 8.50. The van der Waals surface area contributed by atoms with Crippen LogP contribution in [0.1, 0.15) is 20.3 Å². The Hall–Kier alpha value is -8.15. The van der Waals surface area contributed by atoms with E-state index < -0.39 is 0 Å². The zero-order valence-electron chi connectivity index (χ0n) is 35.0. The summed E-state index contributed by atoms with van der Waals surface area (Å²) in [7, 11) is 0. The maximum atomic E-state index is 6.26. The highest BCUT2D eigenvalue weighted by atomic mass is 16.3. The van der Waals surface area contributed by atoms with E-state index >= 15 is 0 Å². The SMILES string of the molecule is CCC.c1ccc(-c2ccc(-c3nc(-c4ccc(-c5ccccc5)cc4)nc(-n4c5cc6ccccc6cc5c5cccc(-c6ccc7oc8ccccc8c7c6)c54)n3)cc2)cc1. The van der Waals surface area contributed by atoms with Gasteiger partial charge in [-0.3, -0.25) is 4.57 Å². The first-order valence-corrected chi connectivity index (χ1v) is 21.6. The minimum Gasteiger partial charge on any atom is -0.456 e. The molecular formula is C58H42N4O. The molecule has 12 aromatic rings. The van der Waals surface area contributed by atoms with Crippen molar-refractivity contribution in [2.24, 2.45) is 0 Å². The van der Waals surface area contributed by atoms with Crippen LogP contribution in [0.25, 0.3) is 117 Å². The van der Waals surface area contributed by atoms with E-state index in [1.54, 1.807) is 0 Å². The summed E-state index contributed by atoms with van der Waals surface area (Å²) in [4.78, 5) is 15.9. The number of hydrogen-bond acceptors (Lipinski definition) is 4. The second-order valence-electron chi connectivity index (χ2n) is 15.9. The predicted molar refractivity (Wildman–Crippen MR) is 262 cm³/mol. The summed E-state index contributed by atoms with van der Waals surface area (Å²) in [5.74, 6) is 1.74. The number of rotatable bonds is 6. The molecule has 0 radical (unpaired) electrons. The summed E-state index contributed by atoms with van der Waals surface area (Å²) >= 11 is 0. The Balaban J connectivity index is 0.00000144. The number of nitrogens with zero attached hydrogens (tertiary/aromatic N) is 4. The first-order chi connectivity index (χ1) is 31.1. The highest BCUT2D eigenvalue weighted by Crippen LogP contribution is 2.41. The Kier molecular flexibility index (Phi) is 9.63. The van der Waals surface area contributed by atoms with Crippen molar-refractivity contribution in [3.8, 4) is 62.1 Å². The third-order valence-electron chi connectivity index (χ3n) is 11.7. The van der Waals surface area contributed by atoms with Crippen LogP contribution < -0.4 is 0 Å². The summed E-state index contributed by atoms with van der Waals surface area (Å²) in [6, 6.07) is 72.3. The van der Waals surface area contributed by atoms with E-state index in [0.29, 0.717) is 17.6 Å². The van der Waals surface area contributed by atoms with Gasteiger partial charge < -0.3 is 4.42 Å². The number of fused-ring (bicyclic) bond motifs is 7. The number of aromatic nitrogens is 4. The standard InChI is InChI=1S/C55H34N4O.C3H8/c1-3-12-35(13-4-1)37-22-26-39(27-23-37)53-56-54(40-28-24-38(25-29-40)36-14-5-2-6-15-36)58-55(57-53)59-49-34-42-17-8-7-16-41(42)32-47(49)46-20-11-19-44(52(46)59)43-30-31-51-48(33-43)45-18-9-10-21-50(45)60-51;1-3-2/h1-34H;3H2,1-2H3. The summed E-state index contributed by atoms with van der Waals surface area (Å²) in [5, 5.41) is 6.74. The van der Waals surface area contributed by atoms with Crippen LogP contribution in [-0.4, -0.2) is 19.5 Å². The van der Waals surface area contributed by atoms with Gasteiger partial charge in [0.2, 0.25) is 5.95 Å². The molecule has 3 aromatic heterocycles. The molecule has 300 valence electrons. The average molecular weight is 811 g/mol. The van der Waals surface area contributed by atoms with E-state index in [1.165, 1.54) is 11.8 Å². The number of furan rings is 1. The van der Waals surface area contributed by atoms with Crippen LogP contribution >= 0.6 is 0 Å². The van der Waals surface area contributed by atoms with Crippen LogP contribution in [0.5, 0.6) is 0 Å². The van der Waals surface area contributed by atoms with E-state index in [1.807, 2.05) is 24.3 Å². The van der Waals surface area contributed by atoms with Crippen LogP contribution in [-0.2, 0) is 0 Å². The van der Waals surface area contributed by atoms with Crippen molar-refractivity contribution in [3.63, 3.8) is 0 Å². The molecule has 63 heavy (non-hydrogen) atoms.